The van der Waals surface area contributed by atoms with Crippen LogP contribution in [0.3, 0.4) is 0 Å². The van der Waals surface area contributed by atoms with Gasteiger partial charge in [-0.25, -0.2) is 4.79 Å². The van der Waals surface area contributed by atoms with Crippen LogP contribution >= 0.6 is 11.3 Å². The minimum absolute atomic E-state index is 0.297. The summed E-state index contributed by atoms with van der Waals surface area (Å²) < 4.78 is 0. The van der Waals surface area contributed by atoms with Crippen molar-refractivity contribution >= 4 is 23.4 Å². The SMILES string of the molecule is Cc1ccc(C=C(N=[N+]=[N-])C(=O)O)s1. The van der Waals surface area contributed by atoms with E-state index >= 15 is 0 Å². The van der Waals surface area contributed by atoms with Crippen molar-refractivity contribution in [3.05, 3.63) is 38.0 Å². The molecular formula is C8H7N3O2S. The molecule has 0 aliphatic rings. The largest absolute Gasteiger partial charge is 0.478 e. The second kappa shape index (κ2) is 4.45. The van der Waals surface area contributed by atoms with Gasteiger partial charge in [0.1, 0.15) is 5.70 Å². The molecule has 72 valence electrons. The van der Waals surface area contributed by atoms with Gasteiger partial charge < -0.3 is 5.11 Å². The molecule has 5 nitrogen and oxygen atoms in total. The van der Waals surface area contributed by atoms with Crippen molar-refractivity contribution in [1.29, 1.82) is 0 Å². The lowest BCUT2D eigenvalue weighted by Gasteiger charge is -1.90. The van der Waals surface area contributed by atoms with E-state index in [-0.39, 0.29) is 5.70 Å². The van der Waals surface area contributed by atoms with Crippen molar-refractivity contribution in [1.82, 2.24) is 0 Å². The molecule has 1 heterocycles. The van der Waals surface area contributed by atoms with Gasteiger partial charge in [-0.2, -0.15) is 0 Å². The number of hydrogen-bond donors (Lipinski definition) is 1. The van der Waals surface area contributed by atoms with Crippen molar-refractivity contribution in [2.24, 2.45) is 5.11 Å². The highest BCUT2D eigenvalue weighted by molar-refractivity contribution is 7.12. The first kappa shape index (κ1) is 10.3. The van der Waals surface area contributed by atoms with Gasteiger partial charge >= 0.3 is 5.97 Å². The second-order valence-corrected chi connectivity index (χ2v) is 3.79. The monoisotopic (exact) mass is 209 g/mol. The number of rotatable bonds is 3. The van der Waals surface area contributed by atoms with E-state index in [4.69, 9.17) is 10.6 Å². The Kier molecular flexibility index (Phi) is 3.28. The molecule has 0 aromatic carbocycles. The number of hydrogen-bond acceptors (Lipinski definition) is 3. The summed E-state index contributed by atoms with van der Waals surface area (Å²) in [6, 6.07) is 3.64. The fourth-order valence-corrected chi connectivity index (χ4v) is 1.66. The van der Waals surface area contributed by atoms with E-state index in [0.717, 1.165) is 9.75 Å². The summed E-state index contributed by atoms with van der Waals surface area (Å²) in [5.74, 6) is -1.23. The summed E-state index contributed by atoms with van der Waals surface area (Å²) in [6.07, 6.45) is 1.35. The Balaban J connectivity index is 3.04. The van der Waals surface area contributed by atoms with Crippen LogP contribution in [0.4, 0.5) is 0 Å². The molecule has 1 N–H and O–H groups in total. The number of carbonyl (C=O) groups is 1. The summed E-state index contributed by atoms with van der Waals surface area (Å²) in [5.41, 5.74) is 7.83. The first-order valence-electron chi connectivity index (χ1n) is 3.70. The van der Waals surface area contributed by atoms with E-state index in [1.54, 1.807) is 6.07 Å². The molecule has 1 aromatic heterocycles. The van der Waals surface area contributed by atoms with E-state index in [2.05, 4.69) is 10.0 Å². The first-order valence-corrected chi connectivity index (χ1v) is 4.51. The summed E-state index contributed by atoms with van der Waals surface area (Å²) >= 11 is 1.44. The zero-order valence-corrected chi connectivity index (χ0v) is 8.15. The van der Waals surface area contributed by atoms with E-state index < -0.39 is 5.97 Å². The first-order chi connectivity index (χ1) is 6.63. The Morgan fingerprint density at radius 2 is 2.43 bits per heavy atom. The summed E-state index contributed by atoms with van der Waals surface area (Å²) in [7, 11) is 0. The van der Waals surface area contributed by atoms with E-state index in [1.807, 2.05) is 13.0 Å². The normalized spacial score (nSPS) is 10.8. The number of thiophene rings is 1. The predicted octanol–water partition coefficient (Wildman–Crippen LogP) is 2.79. The van der Waals surface area contributed by atoms with Gasteiger partial charge in [-0.3, -0.25) is 0 Å². The van der Waals surface area contributed by atoms with Crippen LogP contribution < -0.4 is 0 Å². The molecule has 0 saturated carbocycles. The van der Waals surface area contributed by atoms with Gasteiger partial charge in [0.25, 0.3) is 0 Å². The third-order valence-electron chi connectivity index (χ3n) is 1.41. The maximum absolute atomic E-state index is 10.6. The van der Waals surface area contributed by atoms with Crippen LogP contribution in [0, 0.1) is 6.92 Å². The smallest absolute Gasteiger partial charge is 0.338 e. The molecule has 1 aromatic rings. The van der Waals surface area contributed by atoms with Gasteiger partial charge in [0, 0.05) is 14.7 Å². The number of azide groups is 1. The standard InChI is InChI=1S/C8H7N3O2S/c1-5-2-3-6(14-5)4-7(8(12)13)10-11-9/h2-4H,1H3,(H,12,13). The van der Waals surface area contributed by atoms with Gasteiger partial charge in [0.2, 0.25) is 0 Å². The lowest BCUT2D eigenvalue weighted by atomic mass is 10.3. The van der Waals surface area contributed by atoms with E-state index in [0.29, 0.717) is 0 Å². The fourth-order valence-electron chi connectivity index (χ4n) is 0.847. The van der Waals surface area contributed by atoms with Gasteiger partial charge in [0.05, 0.1) is 0 Å². The lowest BCUT2D eigenvalue weighted by Crippen LogP contribution is -1.95. The third-order valence-corrected chi connectivity index (χ3v) is 2.36. The number of carboxylic acid groups (broad SMARTS) is 1. The molecule has 0 unspecified atom stereocenters. The Morgan fingerprint density at radius 1 is 1.71 bits per heavy atom. The molecule has 0 saturated heterocycles. The highest BCUT2D eigenvalue weighted by Gasteiger charge is 2.04. The van der Waals surface area contributed by atoms with E-state index in [1.165, 1.54) is 17.4 Å². The fraction of sp³-hybridized carbons (Fsp3) is 0.125. The van der Waals surface area contributed by atoms with Gasteiger partial charge in [-0.1, -0.05) is 5.11 Å². The molecule has 6 heteroatoms. The van der Waals surface area contributed by atoms with Crippen molar-refractivity contribution in [2.45, 2.75) is 6.92 Å². The zero-order valence-electron chi connectivity index (χ0n) is 7.34. The number of carboxylic acids is 1. The van der Waals surface area contributed by atoms with Crippen molar-refractivity contribution in [3.63, 3.8) is 0 Å². The molecule has 0 atom stereocenters. The third kappa shape index (κ3) is 2.62. The maximum atomic E-state index is 10.6. The van der Waals surface area contributed by atoms with Crippen LogP contribution in [0.5, 0.6) is 0 Å². The predicted molar refractivity (Wildman–Crippen MR) is 53.8 cm³/mol. The summed E-state index contributed by atoms with van der Waals surface area (Å²) in [4.78, 5) is 14.8. The van der Waals surface area contributed by atoms with Crippen molar-refractivity contribution in [2.75, 3.05) is 0 Å². The Labute approximate surface area is 83.9 Å². The van der Waals surface area contributed by atoms with Crippen molar-refractivity contribution < 1.29 is 9.90 Å². The van der Waals surface area contributed by atoms with Crippen LogP contribution in [-0.2, 0) is 4.79 Å². The molecule has 0 aliphatic carbocycles. The Morgan fingerprint density at radius 3 is 2.86 bits per heavy atom. The number of aryl methyl sites for hydroxylation is 1. The minimum Gasteiger partial charge on any atom is -0.478 e. The van der Waals surface area contributed by atoms with Crippen LogP contribution in [0.2, 0.25) is 0 Å². The summed E-state index contributed by atoms with van der Waals surface area (Å²) in [6.45, 7) is 1.91. The Bertz CT molecular complexity index is 426. The topological polar surface area (TPSA) is 86.1 Å². The number of aliphatic carboxylic acids is 1. The zero-order chi connectivity index (χ0) is 10.6. The van der Waals surface area contributed by atoms with Crippen LogP contribution in [-0.4, -0.2) is 11.1 Å². The maximum Gasteiger partial charge on any atom is 0.338 e. The highest BCUT2D eigenvalue weighted by Crippen LogP contribution is 2.18. The Hall–Kier alpha value is -1.78. The highest BCUT2D eigenvalue weighted by atomic mass is 32.1. The molecule has 1 rings (SSSR count). The minimum atomic E-state index is -1.23. The quantitative estimate of drug-likeness (QED) is 0.359. The molecule has 0 bridgehead atoms. The molecule has 14 heavy (non-hydrogen) atoms. The molecule has 0 spiro atoms. The second-order valence-electron chi connectivity index (χ2n) is 2.47. The molecule has 0 fully saturated rings. The average Bonchev–Trinajstić information content (AvgIpc) is 2.50. The van der Waals surface area contributed by atoms with Gasteiger partial charge in [-0.15, -0.1) is 11.3 Å². The van der Waals surface area contributed by atoms with Gasteiger partial charge in [0.15, 0.2) is 0 Å². The molecule has 0 radical (unpaired) electrons. The van der Waals surface area contributed by atoms with Crippen LogP contribution in [0.15, 0.2) is 22.9 Å². The van der Waals surface area contributed by atoms with Crippen molar-refractivity contribution in [3.8, 4) is 0 Å². The lowest BCUT2D eigenvalue weighted by molar-refractivity contribution is -0.132. The number of nitrogens with zero attached hydrogens (tertiary/aromatic N) is 3. The summed E-state index contributed by atoms with van der Waals surface area (Å²) in [5, 5.41) is 11.7. The van der Waals surface area contributed by atoms with Crippen LogP contribution in [0.1, 0.15) is 9.75 Å². The van der Waals surface area contributed by atoms with Gasteiger partial charge in [-0.05, 0) is 30.7 Å². The molecule has 0 amide bonds. The molecule has 0 aliphatic heterocycles. The molecular weight excluding hydrogens is 202 g/mol. The average molecular weight is 209 g/mol. The van der Waals surface area contributed by atoms with E-state index in [9.17, 15) is 4.79 Å². The van der Waals surface area contributed by atoms with Crippen LogP contribution in [0.25, 0.3) is 16.5 Å².